The molecular weight excluding hydrogens is 248 g/mol. The third-order valence-corrected chi connectivity index (χ3v) is 7.42. The van der Waals surface area contributed by atoms with Crippen molar-refractivity contribution < 1.29 is 9.53 Å². The number of ether oxygens (including phenoxy) is 1. The van der Waals surface area contributed by atoms with Crippen LogP contribution in [0.3, 0.4) is 0 Å². The summed E-state index contributed by atoms with van der Waals surface area (Å²) in [5.41, 5.74) is 1.75. The van der Waals surface area contributed by atoms with E-state index in [1.165, 1.54) is 44.3 Å². The number of ketones is 1. The molecule has 1 aliphatic heterocycles. The first-order valence-corrected chi connectivity index (χ1v) is 8.61. The fourth-order valence-corrected chi connectivity index (χ4v) is 6.49. The van der Waals surface area contributed by atoms with Gasteiger partial charge in [-0.05, 0) is 50.4 Å². The van der Waals surface area contributed by atoms with E-state index in [1.807, 2.05) is 0 Å². The van der Waals surface area contributed by atoms with Gasteiger partial charge in [-0.2, -0.15) is 0 Å². The standard InChI is InChI=1S/C18H24O2/c1-17-10-14-16-12(13(17)7-8-15(17)19)6-5-11-4-2-3-9-18(11,16)20-14/h11-13H,2-10H2,1H3/t11?,12-,13-,17-,18-/m0/s1. The second kappa shape index (κ2) is 3.51. The van der Waals surface area contributed by atoms with Crippen LogP contribution in [0.1, 0.15) is 64.7 Å². The molecule has 0 N–H and O–H groups in total. The van der Waals surface area contributed by atoms with E-state index in [0.29, 0.717) is 17.6 Å². The summed E-state index contributed by atoms with van der Waals surface area (Å²) in [6, 6.07) is 0. The average Bonchev–Trinajstić information content (AvgIpc) is 2.72. The van der Waals surface area contributed by atoms with Gasteiger partial charge >= 0.3 is 0 Å². The van der Waals surface area contributed by atoms with Crippen LogP contribution in [0.4, 0.5) is 0 Å². The summed E-state index contributed by atoms with van der Waals surface area (Å²) < 4.78 is 6.45. The third kappa shape index (κ3) is 1.13. The molecule has 108 valence electrons. The van der Waals surface area contributed by atoms with Gasteiger partial charge in [0.25, 0.3) is 0 Å². The van der Waals surface area contributed by atoms with E-state index in [9.17, 15) is 4.79 Å². The number of carbonyl (C=O) groups is 1. The summed E-state index contributed by atoms with van der Waals surface area (Å²) >= 11 is 0. The van der Waals surface area contributed by atoms with E-state index in [2.05, 4.69) is 6.92 Å². The lowest BCUT2D eigenvalue weighted by atomic mass is 9.50. The maximum absolute atomic E-state index is 12.4. The van der Waals surface area contributed by atoms with Crippen molar-refractivity contribution in [2.75, 3.05) is 0 Å². The molecule has 0 amide bonds. The molecule has 4 aliphatic carbocycles. The molecule has 5 rings (SSSR count). The van der Waals surface area contributed by atoms with Gasteiger partial charge in [0, 0.05) is 29.7 Å². The van der Waals surface area contributed by atoms with Crippen LogP contribution in [-0.4, -0.2) is 11.4 Å². The van der Waals surface area contributed by atoms with Gasteiger partial charge in [-0.3, -0.25) is 4.79 Å². The summed E-state index contributed by atoms with van der Waals surface area (Å²) in [7, 11) is 0. The molecule has 2 nitrogen and oxygen atoms in total. The predicted molar refractivity (Wildman–Crippen MR) is 76.0 cm³/mol. The van der Waals surface area contributed by atoms with Crippen LogP contribution in [0.15, 0.2) is 11.3 Å². The van der Waals surface area contributed by atoms with Crippen molar-refractivity contribution in [3.63, 3.8) is 0 Å². The van der Waals surface area contributed by atoms with Gasteiger partial charge in [-0.1, -0.05) is 13.3 Å². The number of allylic oxidation sites excluding steroid dienone is 1. The first-order valence-electron chi connectivity index (χ1n) is 8.61. The van der Waals surface area contributed by atoms with Crippen LogP contribution < -0.4 is 0 Å². The Morgan fingerprint density at radius 3 is 2.95 bits per heavy atom. The number of fused-ring (bicyclic) bond motifs is 2. The Morgan fingerprint density at radius 1 is 1.15 bits per heavy atom. The number of hydrogen-bond donors (Lipinski definition) is 0. The fourth-order valence-electron chi connectivity index (χ4n) is 6.49. The minimum Gasteiger partial charge on any atom is -0.487 e. The van der Waals surface area contributed by atoms with Crippen molar-refractivity contribution in [3.05, 3.63) is 11.3 Å². The molecule has 1 unspecified atom stereocenters. The van der Waals surface area contributed by atoms with E-state index in [0.717, 1.165) is 25.2 Å². The molecule has 3 saturated carbocycles. The molecule has 0 aromatic carbocycles. The summed E-state index contributed by atoms with van der Waals surface area (Å²) in [5.74, 6) is 3.84. The molecule has 0 radical (unpaired) electrons. The molecule has 1 heterocycles. The third-order valence-electron chi connectivity index (χ3n) is 7.42. The van der Waals surface area contributed by atoms with Gasteiger partial charge in [0.15, 0.2) is 0 Å². The van der Waals surface area contributed by atoms with Crippen molar-refractivity contribution in [1.82, 2.24) is 0 Å². The molecule has 5 aliphatic rings. The van der Waals surface area contributed by atoms with Crippen LogP contribution in [0.2, 0.25) is 0 Å². The lowest BCUT2D eigenvalue weighted by Gasteiger charge is -2.63. The van der Waals surface area contributed by atoms with E-state index < -0.39 is 0 Å². The van der Waals surface area contributed by atoms with Crippen LogP contribution in [0.25, 0.3) is 0 Å². The summed E-state index contributed by atoms with van der Waals surface area (Å²) in [5, 5.41) is 0. The van der Waals surface area contributed by atoms with Crippen LogP contribution >= 0.6 is 0 Å². The number of rotatable bonds is 0. The largest absolute Gasteiger partial charge is 0.487 e. The maximum Gasteiger partial charge on any atom is 0.139 e. The number of hydrogen-bond acceptors (Lipinski definition) is 2. The zero-order valence-electron chi connectivity index (χ0n) is 12.4. The van der Waals surface area contributed by atoms with Gasteiger partial charge in [0.2, 0.25) is 0 Å². The first-order chi connectivity index (χ1) is 9.65. The summed E-state index contributed by atoms with van der Waals surface area (Å²) in [4.78, 5) is 12.4. The highest BCUT2D eigenvalue weighted by molar-refractivity contribution is 5.88. The maximum atomic E-state index is 12.4. The van der Waals surface area contributed by atoms with Crippen LogP contribution in [-0.2, 0) is 9.53 Å². The van der Waals surface area contributed by atoms with Crippen molar-refractivity contribution in [3.8, 4) is 0 Å². The molecule has 3 fully saturated rings. The molecule has 0 aromatic heterocycles. The number of Topliss-reactive ketones (excluding diaryl/α,β-unsaturated/α-hetero) is 1. The SMILES string of the molecule is C[C@]12CC3=C4[C@@H](CCC5CCCC[C@@]45O3)[C@@H]1CCC2=O. The molecule has 20 heavy (non-hydrogen) atoms. The summed E-state index contributed by atoms with van der Waals surface area (Å²) in [6.45, 7) is 2.22. The first kappa shape index (κ1) is 11.8. The second-order valence-corrected chi connectivity index (χ2v) is 8.12. The lowest BCUT2D eigenvalue weighted by Crippen LogP contribution is -2.60. The summed E-state index contributed by atoms with van der Waals surface area (Å²) in [6.07, 6.45) is 10.9. The van der Waals surface area contributed by atoms with Gasteiger partial charge < -0.3 is 4.74 Å². The minimum atomic E-state index is -0.0907. The zero-order valence-corrected chi connectivity index (χ0v) is 12.4. The second-order valence-electron chi connectivity index (χ2n) is 8.12. The quantitative estimate of drug-likeness (QED) is 0.666. The molecular formula is C18H24O2. The molecule has 0 saturated heterocycles. The molecule has 2 heteroatoms. The van der Waals surface area contributed by atoms with Crippen molar-refractivity contribution in [2.24, 2.45) is 23.2 Å². The smallest absolute Gasteiger partial charge is 0.139 e. The van der Waals surface area contributed by atoms with Crippen molar-refractivity contribution >= 4 is 5.78 Å². The van der Waals surface area contributed by atoms with Crippen LogP contribution in [0, 0.1) is 23.2 Å². The zero-order chi connectivity index (χ0) is 13.5. The van der Waals surface area contributed by atoms with E-state index in [1.54, 1.807) is 5.57 Å². The van der Waals surface area contributed by atoms with Gasteiger partial charge in [-0.25, -0.2) is 0 Å². The lowest BCUT2D eigenvalue weighted by molar-refractivity contribution is -0.156. The Hall–Kier alpha value is -0.790. The Bertz CT molecular complexity index is 534. The molecule has 0 aromatic rings. The molecule has 0 bridgehead atoms. The van der Waals surface area contributed by atoms with Crippen molar-refractivity contribution in [2.45, 2.75) is 70.3 Å². The minimum absolute atomic E-state index is 0.0907. The average molecular weight is 272 g/mol. The fraction of sp³-hybridized carbons (Fsp3) is 0.833. The van der Waals surface area contributed by atoms with E-state index in [4.69, 9.17) is 4.74 Å². The highest BCUT2D eigenvalue weighted by Gasteiger charge is 2.66. The van der Waals surface area contributed by atoms with E-state index in [-0.39, 0.29) is 11.0 Å². The Balaban J connectivity index is 1.61. The van der Waals surface area contributed by atoms with Crippen molar-refractivity contribution in [1.29, 1.82) is 0 Å². The Kier molecular flexibility index (Phi) is 2.07. The van der Waals surface area contributed by atoms with Crippen LogP contribution in [0.5, 0.6) is 0 Å². The van der Waals surface area contributed by atoms with Gasteiger partial charge in [-0.15, -0.1) is 0 Å². The molecule has 5 atom stereocenters. The number of carbonyl (C=O) groups excluding carboxylic acids is 1. The normalized spacial score (nSPS) is 52.6. The van der Waals surface area contributed by atoms with Gasteiger partial charge in [0.1, 0.15) is 17.1 Å². The Morgan fingerprint density at radius 2 is 2.05 bits per heavy atom. The topological polar surface area (TPSA) is 26.3 Å². The Labute approximate surface area is 120 Å². The highest BCUT2D eigenvalue weighted by atomic mass is 16.5. The highest BCUT2D eigenvalue weighted by Crippen LogP contribution is 2.68. The predicted octanol–water partition coefficient (Wildman–Crippen LogP) is 4.00. The van der Waals surface area contributed by atoms with Gasteiger partial charge in [0.05, 0.1) is 0 Å². The molecule has 1 spiro atoms. The van der Waals surface area contributed by atoms with E-state index >= 15 is 0 Å². The monoisotopic (exact) mass is 272 g/mol.